The van der Waals surface area contributed by atoms with E-state index in [9.17, 15) is 9.59 Å². The summed E-state index contributed by atoms with van der Waals surface area (Å²) in [6, 6.07) is 14.0. The van der Waals surface area contributed by atoms with Gasteiger partial charge in [-0.1, -0.05) is 12.1 Å². The first-order valence-electron chi connectivity index (χ1n) is 9.76. The van der Waals surface area contributed by atoms with Crippen molar-refractivity contribution in [1.29, 1.82) is 0 Å². The van der Waals surface area contributed by atoms with Crippen LogP contribution in [-0.2, 0) is 0 Å². The first-order valence-corrected chi connectivity index (χ1v) is 9.76. The van der Waals surface area contributed by atoms with Gasteiger partial charge in [0.05, 0.1) is 17.5 Å². The highest BCUT2D eigenvalue weighted by Crippen LogP contribution is 2.25. The Labute approximate surface area is 165 Å². The molecule has 1 aliphatic rings. The van der Waals surface area contributed by atoms with Gasteiger partial charge in [-0.05, 0) is 75.9 Å². The van der Waals surface area contributed by atoms with Gasteiger partial charge in [0.2, 0.25) is 0 Å². The molecule has 0 atom stereocenters. The summed E-state index contributed by atoms with van der Waals surface area (Å²) < 4.78 is 5.94. The van der Waals surface area contributed by atoms with Crippen LogP contribution in [0.3, 0.4) is 0 Å². The van der Waals surface area contributed by atoms with E-state index in [2.05, 4.69) is 16.0 Å². The van der Waals surface area contributed by atoms with E-state index in [0.717, 1.165) is 18.6 Å². The molecular weight excluding hydrogens is 354 g/mol. The van der Waals surface area contributed by atoms with Gasteiger partial charge in [-0.15, -0.1) is 0 Å². The molecule has 1 aliphatic carbocycles. The van der Waals surface area contributed by atoms with Crippen LogP contribution in [0.5, 0.6) is 5.75 Å². The van der Waals surface area contributed by atoms with Crippen molar-refractivity contribution in [3.63, 3.8) is 0 Å². The van der Waals surface area contributed by atoms with Gasteiger partial charge in [0.15, 0.2) is 0 Å². The van der Waals surface area contributed by atoms with Gasteiger partial charge in [-0.3, -0.25) is 4.79 Å². The lowest BCUT2D eigenvalue weighted by molar-refractivity contribution is 0.102. The molecule has 0 spiro atoms. The van der Waals surface area contributed by atoms with Crippen LogP contribution in [0, 0.1) is 0 Å². The van der Waals surface area contributed by atoms with Crippen LogP contribution in [-0.4, -0.2) is 24.1 Å². The summed E-state index contributed by atoms with van der Waals surface area (Å²) in [5.41, 5.74) is 1.60. The summed E-state index contributed by atoms with van der Waals surface area (Å²) in [5.74, 6) is 0.543. The SMILES string of the molecule is CC(C)NC(=O)Nc1ccccc1NC(=O)c1ccc(OC2CCCC2)cc1. The van der Waals surface area contributed by atoms with Crippen molar-refractivity contribution in [3.8, 4) is 5.75 Å². The third-order valence-electron chi connectivity index (χ3n) is 4.56. The lowest BCUT2D eigenvalue weighted by Crippen LogP contribution is -2.34. The highest BCUT2D eigenvalue weighted by atomic mass is 16.5. The maximum absolute atomic E-state index is 12.6. The van der Waals surface area contributed by atoms with E-state index in [4.69, 9.17) is 4.74 Å². The van der Waals surface area contributed by atoms with E-state index < -0.39 is 0 Å². The number of para-hydroxylation sites is 2. The maximum atomic E-state index is 12.6. The van der Waals surface area contributed by atoms with Gasteiger partial charge >= 0.3 is 6.03 Å². The quantitative estimate of drug-likeness (QED) is 0.673. The number of hydrogen-bond donors (Lipinski definition) is 3. The van der Waals surface area contributed by atoms with Crippen molar-refractivity contribution < 1.29 is 14.3 Å². The average Bonchev–Trinajstić information content (AvgIpc) is 3.16. The molecule has 0 bridgehead atoms. The van der Waals surface area contributed by atoms with Gasteiger partial charge in [-0.2, -0.15) is 0 Å². The molecule has 2 aromatic rings. The molecule has 3 amide bonds. The molecule has 3 N–H and O–H groups in total. The van der Waals surface area contributed by atoms with Crippen LogP contribution in [0.15, 0.2) is 48.5 Å². The van der Waals surface area contributed by atoms with E-state index in [1.54, 1.807) is 36.4 Å². The smallest absolute Gasteiger partial charge is 0.319 e. The number of anilines is 2. The highest BCUT2D eigenvalue weighted by Gasteiger charge is 2.17. The second-order valence-corrected chi connectivity index (χ2v) is 7.30. The van der Waals surface area contributed by atoms with Gasteiger partial charge in [0.1, 0.15) is 5.75 Å². The van der Waals surface area contributed by atoms with E-state index in [0.29, 0.717) is 16.9 Å². The fraction of sp³-hybridized carbons (Fsp3) is 0.364. The predicted molar refractivity (Wildman–Crippen MR) is 111 cm³/mol. The van der Waals surface area contributed by atoms with Crippen LogP contribution in [0.2, 0.25) is 0 Å². The second kappa shape index (κ2) is 9.26. The number of nitrogens with one attached hydrogen (secondary N) is 3. The van der Waals surface area contributed by atoms with Crippen LogP contribution < -0.4 is 20.7 Å². The monoisotopic (exact) mass is 381 g/mol. The molecule has 1 fully saturated rings. The molecule has 0 saturated heterocycles. The van der Waals surface area contributed by atoms with Crippen molar-refractivity contribution in [1.82, 2.24) is 5.32 Å². The topological polar surface area (TPSA) is 79.5 Å². The fourth-order valence-corrected chi connectivity index (χ4v) is 3.20. The zero-order chi connectivity index (χ0) is 19.9. The van der Waals surface area contributed by atoms with E-state index in [-0.39, 0.29) is 24.1 Å². The number of rotatable bonds is 6. The Morgan fingerprint density at radius 3 is 2.14 bits per heavy atom. The van der Waals surface area contributed by atoms with Crippen molar-refractivity contribution in [2.75, 3.05) is 10.6 Å². The Kier molecular flexibility index (Phi) is 6.53. The van der Waals surface area contributed by atoms with Gasteiger partial charge in [0, 0.05) is 11.6 Å². The minimum Gasteiger partial charge on any atom is -0.490 e. The predicted octanol–water partition coefficient (Wildman–Crippen LogP) is 4.79. The standard InChI is InChI=1S/C22H27N3O3/c1-15(2)23-22(27)25-20-10-6-5-9-19(20)24-21(26)16-11-13-18(14-12-16)28-17-7-3-4-8-17/h5-6,9-15,17H,3-4,7-8H2,1-2H3,(H,24,26)(H2,23,25,27). The lowest BCUT2D eigenvalue weighted by Gasteiger charge is -2.15. The van der Waals surface area contributed by atoms with Crippen LogP contribution in [0.1, 0.15) is 49.9 Å². The summed E-state index contributed by atoms with van der Waals surface area (Å²) in [7, 11) is 0. The van der Waals surface area contributed by atoms with Crippen LogP contribution >= 0.6 is 0 Å². The zero-order valence-corrected chi connectivity index (χ0v) is 16.3. The number of ether oxygens (including phenoxy) is 1. The zero-order valence-electron chi connectivity index (χ0n) is 16.3. The third kappa shape index (κ3) is 5.49. The number of carbonyl (C=O) groups is 2. The van der Waals surface area contributed by atoms with Crippen molar-refractivity contribution in [2.24, 2.45) is 0 Å². The van der Waals surface area contributed by atoms with Gasteiger partial charge in [0.25, 0.3) is 5.91 Å². The Hall–Kier alpha value is -3.02. The van der Waals surface area contributed by atoms with Crippen LogP contribution in [0.25, 0.3) is 0 Å². The third-order valence-corrected chi connectivity index (χ3v) is 4.56. The Morgan fingerprint density at radius 2 is 1.54 bits per heavy atom. The van der Waals surface area contributed by atoms with Gasteiger partial charge < -0.3 is 20.7 Å². The second-order valence-electron chi connectivity index (χ2n) is 7.30. The molecule has 148 valence electrons. The first kappa shape index (κ1) is 19.7. The molecular formula is C22H27N3O3. The first-order chi connectivity index (χ1) is 13.5. The molecule has 28 heavy (non-hydrogen) atoms. The number of benzene rings is 2. The van der Waals surface area contributed by atoms with Crippen molar-refractivity contribution in [2.45, 2.75) is 51.7 Å². The van der Waals surface area contributed by atoms with E-state index >= 15 is 0 Å². The Bertz CT molecular complexity index is 812. The molecule has 2 aromatic carbocycles. The minimum atomic E-state index is -0.315. The number of carbonyl (C=O) groups excluding carboxylic acids is 2. The summed E-state index contributed by atoms with van der Waals surface area (Å²) in [6.45, 7) is 3.76. The average molecular weight is 381 g/mol. The maximum Gasteiger partial charge on any atom is 0.319 e. The number of hydrogen-bond acceptors (Lipinski definition) is 3. The van der Waals surface area contributed by atoms with Crippen molar-refractivity contribution in [3.05, 3.63) is 54.1 Å². The van der Waals surface area contributed by atoms with Crippen LogP contribution in [0.4, 0.5) is 16.2 Å². The Balaban J connectivity index is 1.63. The normalized spacial score (nSPS) is 14.0. The molecule has 0 heterocycles. The fourth-order valence-electron chi connectivity index (χ4n) is 3.20. The highest BCUT2D eigenvalue weighted by molar-refractivity contribution is 6.07. The molecule has 0 aliphatic heterocycles. The molecule has 1 saturated carbocycles. The molecule has 0 aromatic heterocycles. The van der Waals surface area contributed by atoms with Crippen molar-refractivity contribution >= 4 is 23.3 Å². The molecule has 0 unspecified atom stereocenters. The summed E-state index contributed by atoms with van der Waals surface area (Å²) in [4.78, 5) is 24.6. The van der Waals surface area contributed by atoms with E-state index in [1.807, 2.05) is 26.0 Å². The Morgan fingerprint density at radius 1 is 0.929 bits per heavy atom. The summed E-state index contributed by atoms with van der Waals surface area (Å²) in [6.07, 6.45) is 4.91. The lowest BCUT2D eigenvalue weighted by atomic mass is 10.2. The molecule has 0 radical (unpaired) electrons. The summed E-state index contributed by atoms with van der Waals surface area (Å²) in [5, 5.41) is 8.38. The van der Waals surface area contributed by atoms with E-state index in [1.165, 1.54) is 12.8 Å². The number of urea groups is 1. The van der Waals surface area contributed by atoms with Gasteiger partial charge in [-0.25, -0.2) is 4.79 Å². The largest absolute Gasteiger partial charge is 0.490 e. The molecule has 6 heteroatoms. The number of amides is 3. The minimum absolute atomic E-state index is 0.0201. The molecule has 3 rings (SSSR count). The molecule has 6 nitrogen and oxygen atoms in total. The summed E-state index contributed by atoms with van der Waals surface area (Å²) >= 11 is 0.